The molecule has 18 heavy (non-hydrogen) atoms. The first kappa shape index (κ1) is 12.7. The molecule has 3 heteroatoms. The highest BCUT2D eigenvalue weighted by Gasteiger charge is 1.94. The maximum Gasteiger partial charge on any atom is 0.0814 e. The molecule has 0 amide bonds. The van der Waals surface area contributed by atoms with E-state index in [4.69, 9.17) is 0 Å². The molecule has 0 saturated heterocycles. The van der Waals surface area contributed by atoms with Crippen molar-refractivity contribution in [1.82, 2.24) is 9.88 Å². The van der Waals surface area contributed by atoms with Crippen LogP contribution in [0.2, 0.25) is 0 Å². The Morgan fingerprint density at radius 1 is 1.22 bits per heavy atom. The van der Waals surface area contributed by atoms with Gasteiger partial charge in [-0.3, -0.25) is 9.98 Å². The topological polar surface area (TPSA) is 28.5 Å². The van der Waals surface area contributed by atoms with E-state index in [9.17, 15) is 0 Å². The van der Waals surface area contributed by atoms with E-state index in [0.717, 1.165) is 25.2 Å². The molecular weight excluding hydrogens is 222 g/mol. The monoisotopic (exact) mass is 241 g/mol. The molecule has 0 saturated carbocycles. The van der Waals surface area contributed by atoms with Crippen LogP contribution in [-0.2, 0) is 0 Å². The Morgan fingerprint density at radius 3 is 2.78 bits per heavy atom. The van der Waals surface area contributed by atoms with E-state index < -0.39 is 0 Å². The molecule has 0 bridgehead atoms. The van der Waals surface area contributed by atoms with Crippen LogP contribution in [-0.4, -0.2) is 43.3 Å². The third kappa shape index (κ3) is 3.64. The molecule has 0 aliphatic rings. The SMILES string of the molecule is CN(C)CCCN=Cc1cc2ccccc2cn1. The summed E-state index contributed by atoms with van der Waals surface area (Å²) in [6.45, 7) is 1.93. The Bertz CT molecular complexity index is 532. The normalized spacial score (nSPS) is 11.7. The van der Waals surface area contributed by atoms with Gasteiger partial charge in [0.15, 0.2) is 0 Å². The summed E-state index contributed by atoms with van der Waals surface area (Å²) in [5.41, 5.74) is 0.929. The van der Waals surface area contributed by atoms with E-state index in [1.165, 1.54) is 10.8 Å². The highest BCUT2D eigenvalue weighted by atomic mass is 15.0. The van der Waals surface area contributed by atoms with Crippen LogP contribution in [0.3, 0.4) is 0 Å². The Labute approximate surface area is 108 Å². The van der Waals surface area contributed by atoms with Gasteiger partial charge >= 0.3 is 0 Å². The first-order valence-corrected chi connectivity index (χ1v) is 6.25. The molecule has 3 nitrogen and oxygen atoms in total. The number of aliphatic imine (C=N–C) groups is 1. The van der Waals surface area contributed by atoms with Crippen LogP contribution in [0.1, 0.15) is 12.1 Å². The summed E-state index contributed by atoms with van der Waals surface area (Å²) in [6, 6.07) is 10.3. The average Bonchev–Trinajstić information content (AvgIpc) is 2.38. The predicted octanol–water partition coefficient (Wildman–Crippen LogP) is 2.61. The molecule has 0 fully saturated rings. The molecule has 0 spiro atoms. The van der Waals surface area contributed by atoms with Crippen molar-refractivity contribution in [1.29, 1.82) is 0 Å². The molecule has 94 valence electrons. The van der Waals surface area contributed by atoms with Gasteiger partial charge in [-0.25, -0.2) is 0 Å². The van der Waals surface area contributed by atoms with Crippen molar-refractivity contribution < 1.29 is 0 Å². The summed E-state index contributed by atoms with van der Waals surface area (Å²) >= 11 is 0. The van der Waals surface area contributed by atoms with Gasteiger partial charge in [-0.2, -0.15) is 0 Å². The van der Waals surface area contributed by atoms with Crippen LogP contribution in [0.5, 0.6) is 0 Å². The number of hydrogen-bond acceptors (Lipinski definition) is 3. The van der Waals surface area contributed by atoms with E-state index in [1.54, 1.807) is 0 Å². The number of pyridine rings is 1. The molecule has 0 aliphatic heterocycles. The maximum atomic E-state index is 4.41. The molecule has 1 aromatic carbocycles. The number of rotatable bonds is 5. The zero-order valence-electron chi connectivity index (χ0n) is 11.0. The molecule has 0 N–H and O–H groups in total. The highest BCUT2D eigenvalue weighted by Crippen LogP contribution is 2.12. The Morgan fingerprint density at radius 2 is 2.00 bits per heavy atom. The standard InChI is InChI=1S/C15H19N3/c1-18(2)9-5-8-16-12-15-10-13-6-3-4-7-14(13)11-17-15/h3-4,6-7,10-12H,5,8-9H2,1-2H3. The minimum atomic E-state index is 0.854. The molecule has 0 unspecified atom stereocenters. The number of nitrogens with zero attached hydrogens (tertiary/aromatic N) is 3. The number of fused-ring (bicyclic) bond motifs is 1. The van der Waals surface area contributed by atoms with E-state index in [0.29, 0.717) is 0 Å². The molecule has 0 atom stereocenters. The molecule has 1 aromatic heterocycles. The van der Waals surface area contributed by atoms with Crippen LogP contribution in [0.15, 0.2) is 41.5 Å². The molecule has 0 radical (unpaired) electrons. The second kappa shape index (κ2) is 6.26. The van der Waals surface area contributed by atoms with Crippen molar-refractivity contribution >= 4 is 17.0 Å². The lowest BCUT2D eigenvalue weighted by Crippen LogP contribution is -2.13. The minimum absolute atomic E-state index is 0.854. The summed E-state index contributed by atoms with van der Waals surface area (Å²) in [4.78, 5) is 11.0. The van der Waals surface area contributed by atoms with Gasteiger partial charge in [-0.05, 0) is 38.5 Å². The van der Waals surface area contributed by atoms with Gasteiger partial charge in [-0.1, -0.05) is 24.3 Å². The van der Waals surface area contributed by atoms with Gasteiger partial charge in [0.2, 0.25) is 0 Å². The smallest absolute Gasteiger partial charge is 0.0814 e. The zero-order chi connectivity index (χ0) is 12.8. The fourth-order valence-corrected chi connectivity index (χ4v) is 1.81. The summed E-state index contributed by atoms with van der Waals surface area (Å²) in [7, 11) is 4.16. The van der Waals surface area contributed by atoms with Gasteiger partial charge in [0.25, 0.3) is 0 Å². The maximum absolute atomic E-state index is 4.41. The van der Waals surface area contributed by atoms with Crippen LogP contribution < -0.4 is 0 Å². The molecule has 0 aliphatic carbocycles. The van der Waals surface area contributed by atoms with Gasteiger partial charge in [0.1, 0.15) is 0 Å². The fourth-order valence-electron chi connectivity index (χ4n) is 1.81. The average molecular weight is 241 g/mol. The van der Waals surface area contributed by atoms with Crippen LogP contribution in [0.25, 0.3) is 10.8 Å². The number of aromatic nitrogens is 1. The highest BCUT2D eigenvalue weighted by molar-refractivity contribution is 5.87. The molecule has 1 heterocycles. The molecule has 2 aromatic rings. The summed E-state index contributed by atoms with van der Waals surface area (Å²) in [5, 5.41) is 2.38. The first-order valence-electron chi connectivity index (χ1n) is 6.25. The van der Waals surface area contributed by atoms with Crippen molar-refractivity contribution in [3.8, 4) is 0 Å². The number of hydrogen-bond donors (Lipinski definition) is 0. The van der Waals surface area contributed by atoms with Crippen molar-refractivity contribution in [2.24, 2.45) is 4.99 Å². The van der Waals surface area contributed by atoms with Crippen molar-refractivity contribution in [2.45, 2.75) is 6.42 Å². The summed E-state index contributed by atoms with van der Waals surface area (Å²) < 4.78 is 0. The third-order valence-electron chi connectivity index (χ3n) is 2.77. The fraction of sp³-hybridized carbons (Fsp3) is 0.333. The van der Waals surface area contributed by atoms with Gasteiger partial charge in [0.05, 0.1) is 5.69 Å². The van der Waals surface area contributed by atoms with Gasteiger partial charge < -0.3 is 4.90 Å². The second-order valence-electron chi connectivity index (χ2n) is 4.65. The lowest BCUT2D eigenvalue weighted by Gasteiger charge is -2.06. The van der Waals surface area contributed by atoms with E-state index in [-0.39, 0.29) is 0 Å². The summed E-state index contributed by atoms with van der Waals surface area (Å²) in [6.07, 6.45) is 4.84. The lowest BCUT2D eigenvalue weighted by molar-refractivity contribution is 0.403. The Hall–Kier alpha value is -1.74. The molecule has 2 rings (SSSR count). The Kier molecular flexibility index (Phi) is 4.42. The quantitative estimate of drug-likeness (QED) is 0.594. The summed E-state index contributed by atoms with van der Waals surface area (Å²) in [5.74, 6) is 0. The van der Waals surface area contributed by atoms with Crippen LogP contribution >= 0.6 is 0 Å². The van der Waals surface area contributed by atoms with Crippen molar-refractivity contribution in [3.63, 3.8) is 0 Å². The largest absolute Gasteiger partial charge is 0.309 e. The van der Waals surface area contributed by atoms with Gasteiger partial charge in [0, 0.05) is 24.3 Å². The van der Waals surface area contributed by atoms with Crippen LogP contribution in [0.4, 0.5) is 0 Å². The van der Waals surface area contributed by atoms with E-state index >= 15 is 0 Å². The first-order chi connectivity index (χ1) is 8.75. The lowest BCUT2D eigenvalue weighted by atomic mass is 10.1. The van der Waals surface area contributed by atoms with E-state index in [1.807, 2.05) is 24.5 Å². The third-order valence-corrected chi connectivity index (χ3v) is 2.77. The van der Waals surface area contributed by atoms with Crippen molar-refractivity contribution in [2.75, 3.05) is 27.2 Å². The van der Waals surface area contributed by atoms with Crippen LogP contribution in [0, 0.1) is 0 Å². The second-order valence-corrected chi connectivity index (χ2v) is 4.65. The molecular formula is C15H19N3. The van der Waals surface area contributed by atoms with Crippen molar-refractivity contribution in [3.05, 3.63) is 42.2 Å². The van der Waals surface area contributed by atoms with Gasteiger partial charge in [-0.15, -0.1) is 0 Å². The zero-order valence-corrected chi connectivity index (χ0v) is 11.0. The van der Waals surface area contributed by atoms with E-state index in [2.05, 4.69) is 47.2 Å². The predicted molar refractivity (Wildman–Crippen MR) is 77.4 cm³/mol. The minimum Gasteiger partial charge on any atom is -0.309 e. The Balaban J connectivity index is 1.97. The number of benzene rings is 1.